The molecule has 3 N–H and O–H groups in total. The second kappa shape index (κ2) is 8.59. The molecule has 2 aliphatic rings. The molecule has 3 rings (SSSR count). The van der Waals surface area contributed by atoms with Crippen LogP contribution >= 0.6 is 0 Å². The molecule has 8 heteroatoms. The van der Waals surface area contributed by atoms with Gasteiger partial charge in [-0.3, -0.25) is 4.79 Å². The van der Waals surface area contributed by atoms with Crippen LogP contribution in [0, 0.1) is 0 Å². The fraction of sp³-hybridized carbons (Fsp3) is 0.619. The van der Waals surface area contributed by atoms with Crippen molar-refractivity contribution in [2.24, 2.45) is 0 Å². The van der Waals surface area contributed by atoms with Gasteiger partial charge in [-0.05, 0) is 52.3 Å². The van der Waals surface area contributed by atoms with Gasteiger partial charge in [0.2, 0.25) is 0 Å². The molecule has 1 unspecified atom stereocenters. The Morgan fingerprint density at radius 2 is 2.07 bits per heavy atom. The number of benzene rings is 1. The summed E-state index contributed by atoms with van der Waals surface area (Å²) in [5.74, 6) is -0.120. The van der Waals surface area contributed by atoms with Crippen LogP contribution in [0.25, 0.3) is 0 Å². The summed E-state index contributed by atoms with van der Waals surface area (Å²) < 4.78 is 5.47. The Morgan fingerprint density at radius 1 is 1.34 bits per heavy atom. The third kappa shape index (κ3) is 5.39. The molecular weight excluding hydrogens is 372 g/mol. The molecule has 2 atom stereocenters. The van der Waals surface area contributed by atoms with E-state index in [4.69, 9.17) is 4.74 Å². The second-order valence-corrected chi connectivity index (χ2v) is 8.79. The van der Waals surface area contributed by atoms with Crippen LogP contribution in [0.3, 0.4) is 0 Å². The summed E-state index contributed by atoms with van der Waals surface area (Å²) in [7, 11) is 0. The number of likely N-dealkylation sites (tertiary alicyclic amines) is 1. The van der Waals surface area contributed by atoms with Crippen LogP contribution in [0.5, 0.6) is 0 Å². The van der Waals surface area contributed by atoms with E-state index in [1.54, 1.807) is 24.0 Å². The fourth-order valence-electron chi connectivity index (χ4n) is 3.66. The Balaban J connectivity index is 1.71. The highest BCUT2D eigenvalue weighted by Gasteiger charge is 2.34. The van der Waals surface area contributed by atoms with Gasteiger partial charge in [-0.2, -0.15) is 0 Å². The summed E-state index contributed by atoms with van der Waals surface area (Å²) in [6, 6.07) is 7.37. The lowest BCUT2D eigenvalue weighted by Gasteiger charge is -2.34. The van der Waals surface area contributed by atoms with E-state index in [1.807, 2.05) is 37.8 Å². The zero-order valence-corrected chi connectivity index (χ0v) is 17.6. The minimum atomic E-state index is -0.757. The van der Waals surface area contributed by atoms with E-state index >= 15 is 0 Å². The molecule has 2 aliphatic heterocycles. The van der Waals surface area contributed by atoms with E-state index in [0.717, 1.165) is 18.8 Å². The van der Waals surface area contributed by atoms with Crippen molar-refractivity contribution in [2.45, 2.75) is 58.0 Å². The van der Waals surface area contributed by atoms with Gasteiger partial charge >= 0.3 is 6.09 Å². The van der Waals surface area contributed by atoms with Gasteiger partial charge in [0, 0.05) is 37.4 Å². The lowest BCUT2D eigenvalue weighted by atomic mass is 10.1. The van der Waals surface area contributed by atoms with Crippen LogP contribution in [0.15, 0.2) is 24.3 Å². The summed E-state index contributed by atoms with van der Waals surface area (Å²) in [6.07, 6.45) is -0.380. The average Bonchev–Trinajstić information content (AvgIpc) is 3.06. The van der Waals surface area contributed by atoms with Crippen LogP contribution in [0.1, 0.15) is 44.5 Å². The van der Waals surface area contributed by atoms with Gasteiger partial charge in [-0.25, -0.2) is 4.79 Å². The molecule has 2 saturated heterocycles. The van der Waals surface area contributed by atoms with Gasteiger partial charge in [0.25, 0.3) is 5.91 Å². The first-order valence-electron chi connectivity index (χ1n) is 10.2. The minimum absolute atomic E-state index is 0.0586. The first-order valence-corrected chi connectivity index (χ1v) is 10.2. The highest BCUT2D eigenvalue weighted by molar-refractivity contribution is 5.95. The monoisotopic (exact) mass is 404 g/mol. The summed E-state index contributed by atoms with van der Waals surface area (Å²) >= 11 is 0. The number of ether oxygens (including phenoxy) is 1. The Kier molecular flexibility index (Phi) is 6.33. The van der Waals surface area contributed by atoms with E-state index in [0.29, 0.717) is 25.1 Å². The predicted octanol–water partition coefficient (Wildman–Crippen LogP) is 1.54. The molecule has 0 aliphatic carbocycles. The molecule has 1 aromatic carbocycles. The van der Waals surface area contributed by atoms with Crippen molar-refractivity contribution in [3.63, 3.8) is 0 Å². The van der Waals surface area contributed by atoms with Crippen LogP contribution in [0.4, 0.5) is 10.5 Å². The summed E-state index contributed by atoms with van der Waals surface area (Å²) in [4.78, 5) is 28.4. The number of hydrogen-bond donors (Lipinski definition) is 3. The standard InChI is InChI=1S/C21H32N4O4/c1-14(26)25(18-8-9-24(13-18)20(28)29-21(2,3)4)17-7-5-6-15(10-17)19(27)23-16-11-22-12-16/h5-7,10,14,16,18,22,26H,8-9,11-13H2,1-4H3,(H,23,27)/t14?,18-/m1/s1. The van der Waals surface area contributed by atoms with E-state index in [2.05, 4.69) is 10.6 Å². The second-order valence-electron chi connectivity index (χ2n) is 8.79. The maximum atomic E-state index is 12.5. The van der Waals surface area contributed by atoms with E-state index < -0.39 is 11.8 Å². The maximum absolute atomic E-state index is 12.5. The number of aliphatic hydroxyl groups is 1. The highest BCUT2D eigenvalue weighted by Crippen LogP contribution is 2.27. The highest BCUT2D eigenvalue weighted by atomic mass is 16.6. The Bertz CT molecular complexity index is 742. The lowest BCUT2D eigenvalue weighted by Crippen LogP contribution is -2.56. The molecule has 2 amide bonds. The van der Waals surface area contributed by atoms with E-state index in [9.17, 15) is 14.7 Å². The van der Waals surface area contributed by atoms with Crippen LogP contribution in [0.2, 0.25) is 0 Å². The quantitative estimate of drug-likeness (QED) is 0.645. The van der Waals surface area contributed by atoms with Gasteiger partial charge in [-0.15, -0.1) is 0 Å². The lowest BCUT2D eigenvalue weighted by molar-refractivity contribution is 0.0289. The molecule has 0 aromatic heterocycles. The molecule has 2 heterocycles. The Morgan fingerprint density at radius 3 is 2.66 bits per heavy atom. The zero-order chi connectivity index (χ0) is 21.2. The number of carbonyl (C=O) groups is 2. The third-order valence-electron chi connectivity index (χ3n) is 5.13. The van der Waals surface area contributed by atoms with Gasteiger partial charge in [-0.1, -0.05) is 6.07 Å². The molecule has 2 fully saturated rings. The van der Waals surface area contributed by atoms with Crippen molar-refractivity contribution in [2.75, 3.05) is 31.1 Å². The molecular formula is C21H32N4O4. The van der Waals surface area contributed by atoms with Crippen molar-refractivity contribution < 1.29 is 19.4 Å². The number of nitrogens with one attached hydrogen (secondary N) is 2. The first-order chi connectivity index (χ1) is 13.6. The largest absolute Gasteiger partial charge is 0.444 e. The molecule has 0 bridgehead atoms. The molecule has 1 aromatic rings. The number of aliphatic hydroxyl groups excluding tert-OH is 1. The summed E-state index contributed by atoms with van der Waals surface area (Å²) in [6.45, 7) is 9.83. The van der Waals surface area contributed by atoms with Crippen molar-refractivity contribution in [3.05, 3.63) is 29.8 Å². The first kappa shape index (κ1) is 21.4. The molecule has 29 heavy (non-hydrogen) atoms. The average molecular weight is 405 g/mol. The Hall–Kier alpha value is -2.32. The fourth-order valence-corrected chi connectivity index (χ4v) is 3.66. The number of hydrogen-bond acceptors (Lipinski definition) is 6. The number of nitrogens with zero attached hydrogens (tertiary/aromatic N) is 2. The summed E-state index contributed by atoms with van der Waals surface area (Å²) in [5, 5.41) is 16.6. The van der Waals surface area contributed by atoms with Gasteiger partial charge < -0.3 is 30.3 Å². The van der Waals surface area contributed by atoms with Crippen molar-refractivity contribution in [1.29, 1.82) is 0 Å². The van der Waals surface area contributed by atoms with Gasteiger partial charge in [0.05, 0.1) is 12.1 Å². The molecule has 0 radical (unpaired) electrons. The normalized spacial score (nSPS) is 20.7. The molecule has 8 nitrogen and oxygen atoms in total. The van der Waals surface area contributed by atoms with Crippen molar-refractivity contribution in [1.82, 2.24) is 15.5 Å². The van der Waals surface area contributed by atoms with Crippen molar-refractivity contribution >= 4 is 17.7 Å². The molecule has 0 spiro atoms. The van der Waals surface area contributed by atoms with E-state index in [-0.39, 0.29) is 24.1 Å². The topological polar surface area (TPSA) is 94.1 Å². The van der Waals surface area contributed by atoms with Crippen molar-refractivity contribution in [3.8, 4) is 0 Å². The minimum Gasteiger partial charge on any atom is -0.444 e. The smallest absolute Gasteiger partial charge is 0.410 e. The SMILES string of the molecule is CC(O)N(c1cccc(C(=O)NC2CNC2)c1)[C@@H]1CCN(C(=O)OC(C)(C)C)C1. The molecule has 0 saturated carbocycles. The Labute approximate surface area is 172 Å². The van der Waals surface area contributed by atoms with Gasteiger partial charge in [0.1, 0.15) is 11.8 Å². The molecule has 160 valence electrons. The predicted molar refractivity (Wildman–Crippen MR) is 111 cm³/mol. The van der Waals surface area contributed by atoms with Crippen LogP contribution < -0.4 is 15.5 Å². The van der Waals surface area contributed by atoms with Crippen LogP contribution in [-0.2, 0) is 4.74 Å². The third-order valence-corrected chi connectivity index (χ3v) is 5.13. The number of anilines is 1. The summed E-state index contributed by atoms with van der Waals surface area (Å²) in [5.41, 5.74) is 0.772. The van der Waals surface area contributed by atoms with Crippen LogP contribution in [-0.4, -0.2) is 72.1 Å². The number of carbonyl (C=O) groups excluding carboxylic acids is 2. The zero-order valence-electron chi connectivity index (χ0n) is 17.6. The number of rotatable bonds is 5. The van der Waals surface area contributed by atoms with E-state index in [1.165, 1.54) is 0 Å². The maximum Gasteiger partial charge on any atom is 0.410 e. The number of amides is 2. The van der Waals surface area contributed by atoms with Gasteiger partial charge in [0.15, 0.2) is 0 Å².